The summed E-state index contributed by atoms with van der Waals surface area (Å²) < 4.78 is 6.46. The monoisotopic (exact) mass is 248 g/mol. The number of hydrogen-bond donors (Lipinski definition) is 1. The molecule has 5 nitrogen and oxygen atoms in total. The zero-order valence-electron chi connectivity index (χ0n) is 10.7. The molecule has 5 heteroatoms. The van der Waals surface area contributed by atoms with E-state index in [1.54, 1.807) is 25.2 Å². The average molecular weight is 248 g/mol. The summed E-state index contributed by atoms with van der Waals surface area (Å²) in [6, 6.07) is 5.44. The van der Waals surface area contributed by atoms with Crippen LogP contribution < -0.4 is 11.1 Å². The van der Waals surface area contributed by atoms with Crippen LogP contribution in [0.3, 0.4) is 0 Å². The van der Waals surface area contributed by atoms with Crippen LogP contribution in [0.5, 0.6) is 0 Å². The van der Waals surface area contributed by atoms with E-state index in [2.05, 4.69) is 5.32 Å². The van der Waals surface area contributed by atoms with Gasteiger partial charge in [0.15, 0.2) is 5.58 Å². The highest BCUT2D eigenvalue weighted by Crippen LogP contribution is 2.14. The third-order valence-electron chi connectivity index (χ3n) is 2.67. The Morgan fingerprint density at radius 1 is 1.44 bits per heavy atom. The van der Waals surface area contributed by atoms with E-state index in [0.29, 0.717) is 17.5 Å². The van der Waals surface area contributed by atoms with Gasteiger partial charge in [0.1, 0.15) is 0 Å². The number of oxazole rings is 1. The highest BCUT2D eigenvalue weighted by atomic mass is 16.4. The van der Waals surface area contributed by atoms with E-state index in [1.807, 2.05) is 13.8 Å². The van der Waals surface area contributed by atoms with Crippen LogP contribution in [-0.4, -0.2) is 16.5 Å². The Kier molecular flexibility index (Phi) is 3.23. The van der Waals surface area contributed by atoms with Crippen molar-refractivity contribution in [3.8, 4) is 0 Å². The number of nitrogens with zero attached hydrogens (tertiary/aromatic N) is 1. The maximum Gasteiger partial charge on any atom is 0.419 e. The maximum atomic E-state index is 11.6. The first-order valence-corrected chi connectivity index (χ1v) is 5.85. The van der Waals surface area contributed by atoms with Gasteiger partial charge in [0.2, 0.25) is 5.91 Å². The number of benzene rings is 1. The van der Waals surface area contributed by atoms with Gasteiger partial charge >= 0.3 is 5.76 Å². The van der Waals surface area contributed by atoms with E-state index in [1.165, 1.54) is 4.57 Å². The van der Waals surface area contributed by atoms with Crippen LogP contribution in [0.2, 0.25) is 0 Å². The van der Waals surface area contributed by atoms with Crippen molar-refractivity contribution in [1.82, 2.24) is 9.88 Å². The molecule has 1 aromatic heterocycles. The number of nitrogens with one attached hydrogen (secondary N) is 1. The molecule has 2 rings (SSSR count). The molecule has 0 aliphatic heterocycles. The molecule has 1 aromatic carbocycles. The van der Waals surface area contributed by atoms with Crippen LogP contribution in [-0.2, 0) is 18.3 Å². The van der Waals surface area contributed by atoms with Crippen LogP contribution in [0.15, 0.2) is 27.4 Å². The summed E-state index contributed by atoms with van der Waals surface area (Å²) in [4.78, 5) is 23.0. The molecule has 0 saturated heterocycles. The molecule has 18 heavy (non-hydrogen) atoms. The molecule has 0 bridgehead atoms. The number of carbonyl (C=O) groups is 1. The number of hydrogen-bond acceptors (Lipinski definition) is 3. The third kappa shape index (κ3) is 2.45. The van der Waals surface area contributed by atoms with E-state index in [9.17, 15) is 9.59 Å². The summed E-state index contributed by atoms with van der Waals surface area (Å²) >= 11 is 0. The first-order chi connectivity index (χ1) is 8.47. The molecule has 0 radical (unpaired) electrons. The molecule has 1 amide bonds. The lowest BCUT2D eigenvalue weighted by atomic mass is 10.1. The topological polar surface area (TPSA) is 64.2 Å². The zero-order valence-corrected chi connectivity index (χ0v) is 10.7. The fourth-order valence-electron chi connectivity index (χ4n) is 1.84. The van der Waals surface area contributed by atoms with Gasteiger partial charge in [-0.2, -0.15) is 0 Å². The largest absolute Gasteiger partial charge is 0.419 e. The number of aryl methyl sites for hydroxylation is 1. The molecular weight excluding hydrogens is 232 g/mol. The van der Waals surface area contributed by atoms with Crippen molar-refractivity contribution in [3.05, 3.63) is 34.3 Å². The highest BCUT2D eigenvalue weighted by Gasteiger charge is 2.09. The number of carbonyl (C=O) groups excluding carboxylic acids is 1. The molecule has 1 heterocycles. The quantitative estimate of drug-likeness (QED) is 0.887. The Hall–Kier alpha value is -2.04. The van der Waals surface area contributed by atoms with Crippen molar-refractivity contribution in [2.24, 2.45) is 7.05 Å². The van der Waals surface area contributed by atoms with Gasteiger partial charge in [-0.05, 0) is 31.5 Å². The fraction of sp³-hybridized carbons (Fsp3) is 0.385. The minimum Gasteiger partial charge on any atom is -0.408 e. The van der Waals surface area contributed by atoms with Crippen molar-refractivity contribution < 1.29 is 9.21 Å². The molecule has 1 N–H and O–H groups in total. The second kappa shape index (κ2) is 4.68. The molecular formula is C13H16N2O3. The summed E-state index contributed by atoms with van der Waals surface area (Å²) in [6.07, 6.45) is 0.299. The van der Waals surface area contributed by atoms with Crippen LogP contribution in [0.25, 0.3) is 11.1 Å². The minimum absolute atomic E-state index is 0.0298. The molecule has 96 valence electrons. The summed E-state index contributed by atoms with van der Waals surface area (Å²) in [5, 5.41) is 2.83. The normalized spacial score (nSPS) is 11.1. The van der Waals surface area contributed by atoms with Gasteiger partial charge in [0.25, 0.3) is 0 Å². The Balaban J connectivity index is 2.27. The lowest BCUT2D eigenvalue weighted by Gasteiger charge is -2.08. The molecule has 0 unspecified atom stereocenters. The fourth-order valence-corrected chi connectivity index (χ4v) is 1.84. The average Bonchev–Trinajstić information content (AvgIpc) is 2.54. The molecule has 0 aliphatic carbocycles. The van der Waals surface area contributed by atoms with E-state index < -0.39 is 5.76 Å². The Labute approximate surface area is 104 Å². The summed E-state index contributed by atoms with van der Waals surface area (Å²) in [5.74, 6) is -0.424. The first kappa shape index (κ1) is 12.4. The number of amides is 1. The lowest BCUT2D eigenvalue weighted by molar-refractivity contribution is -0.120. The van der Waals surface area contributed by atoms with Crippen molar-refractivity contribution in [2.45, 2.75) is 26.3 Å². The Bertz CT molecular complexity index is 637. The molecule has 0 aliphatic rings. The SMILES string of the molecule is CC(C)NC(=O)Cc1ccc2oc(=O)n(C)c2c1. The van der Waals surface area contributed by atoms with Crippen LogP contribution >= 0.6 is 0 Å². The van der Waals surface area contributed by atoms with Crippen LogP contribution in [0.4, 0.5) is 0 Å². The third-order valence-corrected chi connectivity index (χ3v) is 2.67. The zero-order chi connectivity index (χ0) is 13.3. The predicted molar refractivity (Wildman–Crippen MR) is 68.4 cm³/mol. The molecule has 0 atom stereocenters. The van der Waals surface area contributed by atoms with Crippen molar-refractivity contribution in [3.63, 3.8) is 0 Å². The minimum atomic E-state index is -0.395. The predicted octanol–water partition coefficient (Wildman–Crippen LogP) is 1.20. The first-order valence-electron chi connectivity index (χ1n) is 5.85. The smallest absolute Gasteiger partial charge is 0.408 e. The van der Waals surface area contributed by atoms with Gasteiger partial charge in [0, 0.05) is 13.1 Å². The van der Waals surface area contributed by atoms with Crippen molar-refractivity contribution in [2.75, 3.05) is 0 Å². The maximum absolute atomic E-state index is 11.6. The van der Waals surface area contributed by atoms with Gasteiger partial charge in [-0.25, -0.2) is 4.79 Å². The Morgan fingerprint density at radius 3 is 2.83 bits per heavy atom. The van der Waals surface area contributed by atoms with Gasteiger partial charge in [-0.3, -0.25) is 9.36 Å². The molecule has 0 saturated carbocycles. The van der Waals surface area contributed by atoms with Crippen molar-refractivity contribution in [1.29, 1.82) is 0 Å². The van der Waals surface area contributed by atoms with E-state index in [0.717, 1.165) is 5.56 Å². The molecule has 0 fully saturated rings. The highest BCUT2D eigenvalue weighted by molar-refractivity contribution is 5.81. The second-order valence-corrected chi connectivity index (χ2v) is 4.63. The van der Waals surface area contributed by atoms with Crippen LogP contribution in [0, 0.1) is 0 Å². The van der Waals surface area contributed by atoms with E-state index >= 15 is 0 Å². The standard InChI is InChI=1S/C13H16N2O3/c1-8(2)14-12(16)7-9-4-5-11-10(6-9)15(3)13(17)18-11/h4-6,8H,7H2,1-3H3,(H,14,16). The van der Waals surface area contributed by atoms with Gasteiger partial charge in [0.05, 0.1) is 11.9 Å². The van der Waals surface area contributed by atoms with E-state index in [-0.39, 0.29) is 11.9 Å². The second-order valence-electron chi connectivity index (χ2n) is 4.63. The summed E-state index contributed by atoms with van der Waals surface area (Å²) in [5.41, 5.74) is 2.10. The molecule has 0 spiro atoms. The number of fused-ring (bicyclic) bond motifs is 1. The van der Waals surface area contributed by atoms with E-state index in [4.69, 9.17) is 4.42 Å². The van der Waals surface area contributed by atoms with Crippen molar-refractivity contribution >= 4 is 17.0 Å². The van der Waals surface area contributed by atoms with Gasteiger partial charge in [-0.15, -0.1) is 0 Å². The van der Waals surface area contributed by atoms with Crippen LogP contribution in [0.1, 0.15) is 19.4 Å². The number of rotatable bonds is 3. The Morgan fingerprint density at radius 2 is 2.17 bits per heavy atom. The molecule has 2 aromatic rings. The number of aromatic nitrogens is 1. The van der Waals surface area contributed by atoms with Gasteiger partial charge in [-0.1, -0.05) is 6.07 Å². The summed E-state index contributed by atoms with van der Waals surface area (Å²) in [7, 11) is 1.64. The summed E-state index contributed by atoms with van der Waals surface area (Å²) in [6.45, 7) is 3.84. The lowest BCUT2D eigenvalue weighted by Crippen LogP contribution is -2.31. The van der Waals surface area contributed by atoms with Gasteiger partial charge < -0.3 is 9.73 Å².